The third kappa shape index (κ3) is 8.57. The molecule has 11 nitrogen and oxygen atoms in total. The highest BCUT2D eigenvalue weighted by molar-refractivity contribution is 7.89. The molecule has 3 rings (SSSR count). The van der Waals surface area contributed by atoms with Gasteiger partial charge in [-0.1, -0.05) is 44.2 Å². The van der Waals surface area contributed by atoms with Crippen LogP contribution >= 0.6 is 0 Å². The normalized spacial score (nSPS) is 17.4. The van der Waals surface area contributed by atoms with E-state index in [-0.39, 0.29) is 48.7 Å². The maximum absolute atomic E-state index is 13.5. The first-order chi connectivity index (χ1) is 18.1. The molecular formula is C26H35N3O8S. The van der Waals surface area contributed by atoms with Gasteiger partial charge in [0, 0.05) is 31.8 Å². The third-order valence-corrected chi connectivity index (χ3v) is 7.94. The lowest BCUT2D eigenvalue weighted by molar-refractivity contribution is -0.384. The van der Waals surface area contributed by atoms with Crippen LogP contribution in [-0.4, -0.2) is 79.8 Å². The number of carbonyl (C=O) groups is 1. The van der Waals surface area contributed by atoms with E-state index >= 15 is 0 Å². The van der Waals surface area contributed by atoms with E-state index in [2.05, 4.69) is 5.32 Å². The zero-order chi connectivity index (χ0) is 27.7. The van der Waals surface area contributed by atoms with Gasteiger partial charge in [-0.25, -0.2) is 8.42 Å². The minimum Gasteiger partial charge on any atom is -0.390 e. The quantitative estimate of drug-likeness (QED) is 0.269. The lowest BCUT2D eigenvalue weighted by Gasteiger charge is -2.30. The Bertz CT molecular complexity index is 1150. The van der Waals surface area contributed by atoms with Crippen molar-refractivity contribution in [1.29, 1.82) is 0 Å². The first-order valence-corrected chi connectivity index (χ1v) is 14.0. The summed E-state index contributed by atoms with van der Waals surface area (Å²) in [6.45, 7) is 4.31. The summed E-state index contributed by atoms with van der Waals surface area (Å²) in [4.78, 5) is 23.0. The molecule has 0 spiro atoms. The van der Waals surface area contributed by atoms with Crippen LogP contribution < -0.4 is 5.32 Å². The molecule has 0 aromatic heterocycles. The molecule has 1 aliphatic heterocycles. The number of ether oxygens (including phenoxy) is 2. The Hall–Kier alpha value is -2.90. The van der Waals surface area contributed by atoms with Crippen molar-refractivity contribution in [3.05, 3.63) is 70.3 Å². The van der Waals surface area contributed by atoms with Crippen molar-refractivity contribution in [2.45, 2.75) is 49.8 Å². The zero-order valence-corrected chi connectivity index (χ0v) is 22.4. The van der Waals surface area contributed by atoms with E-state index in [1.165, 1.54) is 12.1 Å². The number of nitrogens with zero attached hydrogens (tertiary/aromatic N) is 2. The Kier molecular flexibility index (Phi) is 10.7. The van der Waals surface area contributed by atoms with Gasteiger partial charge in [-0.15, -0.1) is 0 Å². The van der Waals surface area contributed by atoms with Gasteiger partial charge in [0.05, 0.1) is 34.7 Å². The van der Waals surface area contributed by atoms with Crippen LogP contribution in [0.1, 0.15) is 25.8 Å². The minimum absolute atomic E-state index is 0.0702. The molecular weight excluding hydrogens is 514 g/mol. The average Bonchev–Trinajstić information content (AvgIpc) is 3.41. The highest BCUT2D eigenvalue weighted by Crippen LogP contribution is 2.22. The predicted octanol–water partition coefficient (Wildman–Crippen LogP) is 2.14. The van der Waals surface area contributed by atoms with Crippen LogP contribution in [0.5, 0.6) is 0 Å². The van der Waals surface area contributed by atoms with E-state index in [9.17, 15) is 28.4 Å². The van der Waals surface area contributed by atoms with Gasteiger partial charge in [-0.05, 0) is 36.5 Å². The fourth-order valence-electron chi connectivity index (χ4n) is 4.14. The summed E-state index contributed by atoms with van der Waals surface area (Å²) in [6, 6.07) is 13.1. The summed E-state index contributed by atoms with van der Waals surface area (Å²) in [6.07, 6.45) is -0.436. The number of carbonyl (C=O) groups excluding carboxylic acids is 1. The molecule has 0 aliphatic carbocycles. The largest absolute Gasteiger partial charge is 0.390 e. The van der Waals surface area contributed by atoms with E-state index in [1.807, 2.05) is 44.2 Å². The molecule has 38 heavy (non-hydrogen) atoms. The number of non-ortho nitro benzene ring substituents is 1. The van der Waals surface area contributed by atoms with Crippen LogP contribution in [0, 0.1) is 16.0 Å². The van der Waals surface area contributed by atoms with E-state index in [1.54, 1.807) is 0 Å². The van der Waals surface area contributed by atoms with Crippen LogP contribution in [0.3, 0.4) is 0 Å². The highest BCUT2D eigenvalue weighted by atomic mass is 32.2. The summed E-state index contributed by atoms with van der Waals surface area (Å²) < 4.78 is 38.9. The van der Waals surface area contributed by atoms with Crippen molar-refractivity contribution in [2.24, 2.45) is 5.92 Å². The zero-order valence-electron chi connectivity index (χ0n) is 21.6. The molecule has 1 aliphatic rings. The predicted molar refractivity (Wildman–Crippen MR) is 140 cm³/mol. The summed E-state index contributed by atoms with van der Waals surface area (Å²) in [7, 11) is -4.09. The maximum atomic E-state index is 13.5. The summed E-state index contributed by atoms with van der Waals surface area (Å²) in [5, 5.41) is 25.0. The summed E-state index contributed by atoms with van der Waals surface area (Å²) >= 11 is 0. The number of sulfonamides is 1. The molecule has 2 aromatic rings. The number of benzene rings is 2. The SMILES string of the molecule is CC(C)CN(C[C@@H](O)[C@H](Cc1ccccc1)NC(=O)CO[C@H]1CCOC1)S(=O)(=O)c1ccc([N+](=O)[O-])cc1. The minimum atomic E-state index is -4.09. The number of nitrogens with one attached hydrogen (secondary N) is 1. The molecule has 0 saturated carbocycles. The topological polar surface area (TPSA) is 148 Å². The molecule has 0 radical (unpaired) electrons. The molecule has 1 saturated heterocycles. The number of nitro benzene ring substituents is 1. The second kappa shape index (κ2) is 13.8. The number of nitro groups is 1. The fourth-order valence-corrected chi connectivity index (χ4v) is 5.76. The first-order valence-electron chi connectivity index (χ1n) is 12.5. The van der Waals surface area contributed by atoms with Gasteiger partial charge < -0.3 is 19.9 Å². The van der Waals surface area contributed by atoms with Crippen LogP contribution in [-0.2, 0) is 30.7 Å². The number of aliphatic hydroxyl groups is 1. The van der Waals surface area contributed by atoms with Gasteiger partial charge in [0.2, 0.25) is 15.9 Å². The van der Waals surface area contributed by atoms with Gasteiger partial charge in [0.25, 0.3) is 5.69 Å². The molecule has 1 amide bonds. The van der Waals surface area contributed by atoms with Gasteiger partial charge in [0.15, 0.2) is 0 Å². The Balaban J connectivity index is 1.78. The van der Waals surface area contributed by atoms with Crippen molar-refractivity contribution in [3.63, 3.8) is 0 Å². The molecule has 0 bridgehead atoms. The maximum Gasteiger partial charge on any atom is 0.269 e. The Morgan fingerprint density at radius 3 is 2.45 bits per heavy atom. The second-order valence-corrected chi connectivity index (χ2v) is 11.6. The molecule has 1 fully saturated rings. The van der Waals surface area contributed by atoms with Crippen LogP contribution in [0.15, 0.2) is 59.5 Å². The summed E-state index contributed by atoms with van der Waals surface area (Å²) in [5.41, 5.74) is 0.631. The van der Waals surface area contributed by atoms with Crippen molar-refractivity contribution in [1.82, 2.24) is 9.62 Å². The Morgan fingerprint density at radius 1 is 1.18 bits per heavy atom. The monoisotopic (exact) mass is 549 g/mol. The molecule has 2 N–H and O–H groups in total. The number of amides is 1. The van der Waals surface area contributed by atoms with Crippen LogP contribution in [0.4, 0.5) is 5.69 Å². The van der Waals surface area contributed by atoms with Gasteiger partial charge >= 0.3 is 0 Å². The number of aliphatic hydroxyl groups excluding tert-OH is 1. The first kappa shape index (κ1) is 29.7. The lowest BCUT2D eigenvalue weighted by atomic mass is 10.0. The Morgan fingerprint density at radius 2 is 1.87 bits per heavy atom. The van der Waals surface area contributed by atoms with Crippen LogP contribution in [0.25, 0.3) is 0 Å². The van der Waals surface area contributed by atoms with Crippen molar-refractivity contribution in [2.75, 3.05) is 32.9 Å². The molecule has 1 heterocycles. The van der Waals surface area contributed by atoms with Crippen LogP contribution in [0.2, 0.25) is 0 Å². The fraction of sp³-hybridized carbons (Fsp3) is 0.500. The number of hydrogen-bond acceptors (Lipinski definition) is 8. The van der Waals surface area contributed by atoms with E-state index in [4.69, 9.17) is 9.47 Å². The average molecular weight is 550 g/mol. The van der Waals surface area contributed by atoms with E-state index in [0.717, 1.165) is 22.0 Å². The van der Waals surface area contributed by atoms with Crippen molar-refractivity contribution in [3.8, 4) is 0 Å². The molecule has 2 aromatic carbocycles. The molecule has 12 heteroatoms. The standard InChI is InChI=1S/C26H35N3O8S/c1-19(2)15-28(38(34,35)23-10-8-21(9-11-23)29(32)33)16-25(30)24(14-20-6-4-3-5-7-20)27-26(31)18-37-22-12-13-36-17-22/h3-11,19,22,24-25,30H,12-18H2,1-2H3,(H,27,31)/t22-,24-,25+/m0/s1. The molecule has 208 valence electrons. The molecule has 3 atom stereocenters. The highest BCUT2D eigenvalue weighted by Gasteiger charge is 2.32. The van der Waals surface area contributed by atoms with Crippen molar-refractivity contribution < 1.29 is 32.7 Å². The van der Waals surface area contributed by atoms with E-state index < -0.39 is 33.0 Å². The third-order valence-electron chi connectivity index (χ3n) is 6.09. The van der Waals surface area contributed by atoms with Gasteiger partial charge in [0.1, 0.15) is 6.61 Å². The smallest absolute Gasteiger partial charge is 0.269 e. The van der Waals surface area contributed by atoms with E-state index in [0.29, 0.717) is 19.6 Å². The van der Waals surface area contributed by atoms with Crippen molar-refractivity contribution >= 4 is 21.6 Å². The number of rotatable bonds is 14. The Labute approximate surface area is 222 Å². The second-order valence-electron chi connectivity index (χ2n) is 9.69. The summed E-state index contributed by atoms with van der Waals surface area (Å²) in [5.74, 6) is -0.496. The molecule has 0 unspecified atom stereocenters. The number of hydrogen-bond donors (Lipinski definition) is 2. The van der Waals surface area contributed by atoms with Gasteiger partial charge in [-0.2, -0.15) is 4.31 Å². The lowest BCUT2D eigenvalue weighted by Crippen LogP contribution is -2.51. The van der Waals surface area contributed by atoms with Gasteiger partial charge in [-0.3, -0.25) is 14.9 Å².